The maximum Gasteiger partial charge on any atom is 0.276 e. The molecule has 2 saturated heterocycles. The van der Waals surface area contributed by atoms with Crippen LogP contribution in [0.5, 0.6) is 0 Å². The molecule has 0 aromatic carbocycles. The van der Waals surface area contributed by atoms with Gasteiger partial charge in [0.15, 0.2) is 14.9 Å². The summed E-state index contributed by atoms with van der Waals surface area (Å²) in [6.07, 6.45) is 2.15. The van der Waals surface area contributed by atoms with Crippen LogP contribution in [0.1, 0.15) is 23.7 Å². The molecule has 1 aromatic rings. The van der Waals surface area contributed by atoms with Gasteiger partial charge in [0.2, 0.25) is 0 Å². The largest absolute Gasteiger partial charge is 0.317 e. The fraction of sp³-hybridized carbons (Fsp3) is 0.500. The van der Waals surface area contributed by atoms with Gasteiger partial charge in [-0.3, -0.25) is 9.69 Å². The van der Waals surface area contributed by atoms with E-state index in [1.54, 1.807) is 36.7 Å². The van der Waals surface area contributed by atoms with Crippen LogP contribution >= 0.6 is 23.8 Å². The lowest BCUT2D eigenvalue weighted by Crippen LogP contribution is -2.26. The molecule has 24 heavy (non-hydrogen) atoms. The van der Waals surface area contributed by atoms with Crippen molar-refractivity contribution >= 4 is 50.8 Å². The highest BCUT2D eigenvalue weighted by Crippen LogP contribution is 2.32. The van der Waals surface area contributed by atoms with E-state index < -0.39 is 9.84 Å². The average Bonchev–Trinajstić information content (AvgIpc) is 3.07. The number of likely N-dealkylation sites (N-methyl/N-ethyl adjacent to an activating group) is 2. The minimum atomic E-state index is -3.04. The molecule has 130 valence electrons. The van der Waals surface area contributed by atoms with E-state index in [2.05, 4.69) is 5.10 Å². The minimum absolute atomic E-state index is 0.0372. The number of nitrogens with zero attached hydrogens (tertiary/aromatic N) is 4. The van der Waals surface area contributed by atoms with Crippen LogP contribution < -0.4 is 0 Å². The zero-order chi connectivity index (χ0) is 17.8. The lowest BCUT2D eigenvalue weighted by Gasteiger charge is -2.11. The number of sulfone groups is 1. The quantitative estimate of drug-likeness (QED) is 0.560. The summed E-state index contributed by atoms with van der Waals surface area (Å²) in [4.78, 5) is 15.3. The number of aryl methyl sites for hydroxylation is 1. The van der Waals surface area contributed by atoms with Crippen molar-refractivity contribution in [2.45, 2.75) is 19.4 Å². The highest BCUT2D eigenvalue weighted by Gasteiger charge is 2.35. The number of carbonyl (C=O) groups is 1. The van der Waals surface area contributed by atoms with Crippen LogP contribution in [-0.2, 0) is 14.6 Å². The van der Waals surface area contributed by atoms with Gasteiger partial charge in [-0.05, 0) is 31.6 Å². The first-order valence-electron chi connectivity index (χ1n) is 7.35. The second kappa shape index (κ2) is 5.82. The first-order valence-corrected chi connectivity index (χ1v) is 9.95. The Morgan fingerprint density at radius 2 is 2.00 bits per heavy atom. The molecule has 1 amide bonds. The molecule has 1 unspecified atom stereocenters. The first-order chi connectivity index (χ1) is 11.1. The van der Waals surface area contributed by atoms with Gasteiger partial charge in [-0.25, -0.2) is 13.1 Å². The summed E-state index contributed by atoms with van der Waals surface area (Å²) in [5, 5.41) is 5.14. The fourth-order valence-electron chi connectivity index (χ4n) is 2.93. The number of amides is 1. The Bertz CT molecular complexity index is 875. The Balaban J connectivity index is 2.01. The lowest BCUT2D eigenvalue weighted by molar-refractivity contribution is -0.121. The number of carbonyl (C=O) groups excluding carboxylic acids is 1. The van der Waals surface area contributed by atoms with Crippen molar-refractivity contribution in [1.82, 2.24) is 19.6 Å². The molecule has 3 heterocycles. The predicted molar refractivity (Wildman–Crippen MR) is 95.4 cm³/mol. The molecular formula is C14H17ClN4O3S2. The Kier molecular flexibility index (Phi) is 4.21. The molecule has 2 fully saturated rings. The standard InChI is InChI=1S/C14H17ClN4O3S2/c1-8-10(6-11-13(20)18(3)14(23)17(11)2)12(15)19(16-8)9-4-5-24(21,22)7-9/h6,9H,4-5,7H2,1-3H3/b11-6-. The molecule has 7 nitrogen and oxygen atoms in total. The SMILES string of the molecule is Cc1nn(C2CCS(=O)(=O)C2)c(Cl)c1/C=C1/C(=O)N(C)C(=S)N1C. The number of rotatable bonds is 2. The highest BCUT2D eigenvalue weighted by atomic mass is 35.5. The Morgan fingerprint density at radius 3 is 2.50 bits per heavy atom. The number of hydrogen-bond acceptors (Lipinski definition) is 5. The maximum absolute atomic E-state index is 12.3. The third kappa shape index (κ3) is 2.74. The predicted octanol–water partition coefficient (Wildman–Crippen LogP) is 1.23. The van der Waals surface area contributed by atoms with Crippen LogP contribution in [-0.4, -0.2) is 64.6 Å². The second-order valence-electron chi connectivity index (χ2n) is 6.03. The third-order valence-electron chi connectivity index (χ3n) is 4.37. The van der Waals surface area contributed by atoms with E-state index in [1.807, 2.05) is 0 Å². The number of halogens is 1. The van der Waals surface area contributed by atoms with E-state index in [9.17, 15) is 13.2 Å². The molecule has 0 spiro atoms. The van der Waals surface area contributed by atoms with E-state index in [-0.39, 0.29) is 23.5 Å². The second-order valence-corrected chi connectivity index (χ2v) is 8.98. The molecule has 0 saturated carbocycles. The van der Waals surface area contributed by atoms with Gasteiger partial charge in [-0.1, -0.05) is 11.6 Å². The van der Waals surface area contributed by atoms with Gasteiger partial charge in [0.25, 0.3) is 5.91 Å². The van der Waals surface area contributed by atoms with Gasteiger partial charge >= 0.3 is 0 Å². The van der Waals surface area contributed by atoms with Crippen LogP contribution in [0.15, 0.2) is 5.70 Å². The van der Waals surface area contributed by atoms with Crippen LogP contribution in [0.25, 0.3) is 6.08 Å². The smallest absolute Gasteiger partial charge is 0.276 e. The van der Waals surface area contributed by atoms with Crippen LogP contribution in [0, 0.1) is 6.92 Å². The Morgan fingerprint density at radius 1 is 1.33 bits per heavy atom. The first kappa shape index (κ1) is 17.4. The number of thiocarbonyl (C=S) groups is 1. The lowest BCUT2D eigenvalue weighted by atomic mass is 10.2. The number of aromatic nitrogens is 2. The molecule has 1 atom stereocenters. The topological polar surface area (TPSA) is 75.5 Å². The van der Waals surface area contributed by atoms with Crippen molar-refractivity contribution in [2.24, 2.45) is 0 Å². The maximum atomic E-state index is 12.3. The molecule has 0 aliphatic carbocycles. The van der Waals surface area contributed by atoms with Gasteiger partial charge in [0.1, 0.15) is 10.9 Å². The molecule has 10 heteroatoms. The molecule has 0 bridgehead atoms. The zero-order valence-corrected chi connectivity index (χ0v) is 15.9. The molecule has 0 radical (unpaired) electrons. The van der Waals surface area contributed by atoms with Crippen molar-refractivity contribution in [2.75, 3.05) is 25.6 Å². The van der Waals surface area contributed by atoms with Crippen LogP contribution in [0.3, 0.4) is 0 Å². The molecule has 1 aromatic heterocycles. The molecule has 3 rings (SSSR count). The third-order valence-corrected chi connectivity index (χ3v) is 7.04. The van der Waals surface area contributed by atoms with Crippen molar-refractivity contribution in [3.05, 3.63) is 22.1 Å². The minimum Gasteiger partial charge on any atom is -0.317 e. The van der Waals surface area contributed by atoms with Crippen molar-refractivity contribution in [1.29, 1.82) is 0 Å². The zero-order valence-electron chi connectivity index (χ0n) is 13.5. The summed E-state index contributed by atoms with van der Waals surface area (Å²) in [7, 11) is 0.290. The van der Waals surface area contributed by atoms with E-state index in [0.717, 1.165) is 0 Å². The van der Waals surface area contributed by atoms with Gasteiger partial charge in [0, 0.05) is 19.7 Å². The molecule has 0 N–H and O–H groups in total. The fourth-order valence-corrected chi connectivity index (χ4v) is 5.17. The summed E-state index contributed by atoms with van der Waals surface area (Å²) < 4.78 is 24.9. The van der Waals surface area contributed by atoms with Crippen LogP contribution in [0.2, 0.25) is 5.15 Å². The van der Waals surface area contributed by atoms with Gasteiger partial charge < -0.3 is 4.90 Å². The van der Waals surface area contributed by atoms with Gasteiger partial charge in [-0.2, -0.15) is 5.10 Å². The highest BCUT2D eigenvalue weighted by molar-refractivity contribution is 7.91. The van der Waals surface area contributed by atoms with Gasteiger partial charge in [0.05, 0.1) is 23.2 Å². The van der Waals surface area contributed by atoms with E-state index >= 15 is 0 Å². The summed E-state index contributed by atoms with van der Waals surface area (Å²) >= 11 is 11.6. The Labute approximate surface area is 150 Å². The van der Waals surface area contributed by atoms with Crippen molar-refractivity contribution < 1.29 is 13.2 Å². The molecule has 2 aliphatic rings. The average molecular weight is 389 g/mol. The summed E-state index contributed by atoms with van der Waals surface area (Å²) in [6, 6.07) is -0.269. The molecular weight excluding hydrogens is 372 g/mol. The Hall–Kier alpha value is -1.45. The van der Waals surface area contributed by atoms with Crippen molar-refractivity contribution in [3.63, 3.8) is 0 Å². The van der Waals surface area contributed by atoms with Crippen LogP contribution in [0.4, 0.5) is 0 Å². The van der Waals surface area contributed by atoms with E-state index in [0.29, 0.717) is 33.6 Å². The van der Waals surface area contributed by atoms with E-state index in [4.69, 9.17) is 23.8 Å². The monoisotopic (exact) mass is 388 g/mol. The summed E-state index contributed by atoms with van der Waals surface area (Å²) in [6.45, 7) is 1.78. The van der Waals surface area contributed by atoms with Gasteiger partial charge in [-0.15, -0.1) is 0 Å². The normalized spacial score (nSPS) is 25.3. The van der Waals surface area contributed by atoms with Crippen molar-refractivity contribution in [3.8, 4) is 0 Å². The molecule has 2 aliphatic heterocycles. The summed E-state index contributed by atoms with van der Waals surface area (Å²) in [5.41, 5.74) is 1.65. The summed E-state index contributed by atoms with van der Waals surface area (Å²) in [5.74, 6) is -0.0341. The number of hydrogen-bond donors (Lipinski definition) is 0. The van der Waals surface area contributed by atoms with E-state index in [1.165, 1.54) is 4.90 Å².